The number of benzene rings is 1. The Morgan fingerprint density at radius 1 is 1.28 bits per heavy atom. The van der Waals surface area contributed by atoms with E-state index in [0.29, 0.717) is 36.0 Å². The average molecular weight is 424 g/mol. The lowest BCUT2D eigenvalue weighted by Crippen LogP contribution is -2.44. The number of morpholine rings is 1. The van der Waals surface area contributed by atoms with E-state index in [9.17, 15) is 9.59 Å². The van der Waals surface area contributed by atoms with Crippen LogP contribution in [0.5, 0.6) is 5.75 Å². The summed E-state index contributed by atoms with van der Waals surface area (Å²) >= 11 is 6.00. The van der Waals surface area contributed by atoms with Gasteiger partial charge < -0.3 is 19.3 Å². The predicted molar refractivity (Wildman–Crippen MR) is 112 cm³/mol. The molecule has 1 aromatic carbocycles. The van der Waals surface area contributed by atoms with Gasteiger partial charge in [0, 0.05) is 51.2 Å². The summed E-state index contributed by atoms with van der Waals surface area (Å²) in [6.07, 6.45) is 1.72. The fourth-order valence-electron chi connectivity index (χ4n) is 4.08. The number of carbonyl (C=O) groups is 2. The van der Waals surface area contributed by atoms with Crippen molar-refractivity contribution >= 4 is 23.4 Å². The molecule has 0 saturated carbocycles. The normalized spacial score (nSPS) is 20.0. The van der Waals surface area contributed by atoms with Crippen molar-refractivity contribution in [1.29, 1.82) is 0 Å². The van der Waals surface area contributed by atoms with Gasteiger partial charge in [0.1, 0.15) is 5.75 Å². The molecule has 7 nitrogen and oxygen atoms in total. The number of carbonyl (C=O) groups excluding carboxylic acids is 2. The molecule has 2 aliphatic rings. The molecular weight excluding hydrogens is 394 g/mol. The molecule has 3 rings (SSSR count). The number of rotatable bonds is 7. The molecule has 0 bridgehead atoms. The number of nitrogens with zero attached hydrogens (tertiary/aromatic N) is 3. The molecule has 0 N–H and O–H groups in total. The second-order valence-electron chi connectivity index (χ2n) is 7.56. The Bertz CT molecular complexity index is 724. The SMILES string of the molecule is COc1cc(Cl)ccc1C(=O)N1CCC(N(CCCN2CCOCC2)C(C)=O)C1. The number of methoxy groups -OCH3 is 1. The maximum Gasteiger partial charge on any atom is 0.257 e. The Labute approximate surface area is 177 Å². The highest BCUT2D eigenvalue weighted by atomic mass is 35.5. The Hall–Kier alpha value is -1.83. The first-order valence-corrected chi connectivity index (χ1v) is 10.6. The first-order chi connectivity index (χ1) is 14.0. The van der Waals surface area contributed by atoms with Gasteiger partial charge >= 0.3 is 0 Å². The minimum atomic E-state index is -0.0853. The fraction of sp³-hybridized carbons (Fsp3) is 0.619. The average Bonchev–Trinajstić information content (AvgIpc) is 3.20. The van der Waals surface area contributed by atoms with Gasteiger partial charge in [-0.3, -0.25) is 14.5 Å². The van der Waals surface area contributed by atoms with Gasteiger partial charge in [0.25, 0.3) is 5.91 Å². The van der Waals surface area contributed by atoms with E-state index in [0.717, 1.165) is 45.7 Å². The van der Waals surface area contributed by atoms with Crippen molar-refractivity contribution in [2.75, 3.05) is 59.6 Å². The van der Waals surface area contributed by atoms with Crippen molar-refractivity contribution in [2.24, 2.45) is 0 Å². The minimum Gasteiger partial charge on any atom is -0.496 e. The lowest BCUT2D eigenvalue weighted by atomic mass is 10.1. The highest BCUT2D eigenvalue weighted by Crippen LogP contribution is 2.26. The molecule has 0 aliphatic carbocycles. The largest absolute Gasteiger partial charge is 0.496 e. The Morgan fingerprint density at radius 3 is 2.72 bits per heavy atom. The third-order valence-electron chi connectivity index (χ3n) is 5.67. The van der Waals surface area contributed by atoms with Crippen LogP contribution in [0.1, 0.15) is 30.1 Å². The van der Waals surface area contributed by atoms with Gasteiger partial charge in [-0.15, -0.1) is 0 Å². The summed E-state index contributed by atoms with van der Waals surface area (Å²) in [7, 11) is 1.53. The monoisotopic (exact) mass is 423 g/mol. The van der Waals surface area contributed by atoms with Crippen LogP contribution in [0, 0.1) is 0 Å². The van der Waals surface area contributed by atoms with Crippen LogP contribution in [-0.4, -0.2) is 92.1 Å². The van der Waals surface area contributed by atoms with Crippen LogP contribution < -0.4 is 4.74 Å². The minimum absolute atomic E-state index is 0.0550. The summed E-state index contributed by atoms with van der Waals surface area (Å²) in [6, 6.07) is 5.09. The molecule has 1 aromatic rings. The van der Waals surface area contributed by atoms with Crippen LogP contribution in [0.3, 0.4) is 0 Å². The van der Waals surface area contributed by atoms with E-state index in [1.165, 1.54) is 7.11 Å². The molecule has 2 saturated heterocycles. The summed E-state index contributed by atoms with van der Waals surface area (Å²) in [6.45, 7) is 7.93. The molecular formula is C21H30ClN3O4. The lowest BCUT2D eigenvalue weighted by Gasteiger charge is -2.31. The van der Waals surface area contributed by atoms with Gasteiger partial charge in [-0.1, -0.05) is 11.6 Å². The molecule has 0 radical (unpaired) electrons. The van der Waals surface area contributed by atoms with Crippen molar-refractivity contribution < 1.29 is 19.1 Å². The van der Waals surface area contributed by atoms with Crippen LogP contribution >= 0.6 is 11.6 Å². The molecule has 2 aliphatic heterocycles. The topological polar surface area (TPSA) is 62.3 Å². The van der Waals surface area contributed by atoms with Gasteiger partial charge in [-0.05, 0) is 31.0 Å². The Morgan fingerprint density at radius 2 is 2.03 bits per heavy atom. The zero-order valence-corrected chi connectivity index (χ0v) is 18.0. The smallest absolute Gasteiger partial charge is 0.257 e. The van der Waals surface area contributed by atoms with E-state index >= 15 is 0 Å². The van der Waals surface area contributed by atoms with Gasteiger partial charge in [0.2, 0.25) is 5.91 Å². The molecule has 2 fully saturated rings. The van der Waals surface area contributed by atoms with Crippen LogP contribution in [0.25, 0.3) is 0 Å². The maximum absolute atomic E-state index is 13.0. The predicted octanol–water partition coefficient (Wildman–Crippen LogP) is 2.13. The Kier molecular flexibility index (Phi) is 7.75. The van der Waals surface area contributed by atoms with E-state index in [1.54, 1.807) is 30.0 Å². The van der Waals surface area contributed by atoms with Gasteiger partial charge in [0.15, 0.2) is 0 Å². The van der Waals surface area contributed by atoms with Gasteiger partial charge in [0.05, 0.1) is 31.9 Å². The number of hydrogen-bond donors (Lipinski definition) is 0. The van der Waals surface area contributed by atoms with Crippen molar-refractivity contribution in [1.82, 2.24) is 14.7 Å². The van der Waals surface area contributed by atoms with E-state index in [4.69, 9.17) is 21.1 Å². The number of likely N-dealkylation sites (tertiary alicyclic amines) is 1. The Balaban J connectivity index is 1.57. The van der Waals surface area contributed by atoms with Crippen molar-refractivity contribution in [3.05, 3.63) is 28.8 Å². The van der Waals surface area contributed by atoms with Gasteiger partial charge in [-0.25, -0.2) is 0 Å². The first-order valence-electron chi connectivity index (χ1n) is 10.2. The first kappa shape index (κ1) is 21.9. The molecule has 2 amide bonds. The van der Waals surface area contributed by atoms with Crippen molar-refractivity contribution in [3.8, 4) is 5.75 Å². The fourth-order valence-corrected chi connectivity index (χ4v) is 4.24. The summed E-state index contributed by atoms with van der Waals surface area (Å²) < 4.78 is 10.7. The second-order valence-corrected chi connectivity index (χ2v) is 7.99. The van der Waals surface area contributed by atoms with Crippen LogP contribution in [-0.2, 0) is 9.53 Å². The summed E-state index contributed by atoms with van der Waals surface area (Å²) in [4.78, 5) is 31.3. The van der Waals surface area contributed by atoms with E-state index in [-0.39, 0.29) is 17.9 Å². The van der Waals surface area contributed by atoms with Crippen LogP contribution in [0.15, 0.2) is 18.2 Å². The van der Waals surface area contributed by atoms with Crippen LogP contribution in [0.2, 0.25) is 5.02 Å². The molecule has 1 unspecified atom stereocenters. The quantitative estimate of drug-likeness (QED) is 0.672. The molecule has 29 heavy (non-hydrogen) atoms. The molecule has 1 atom stereocenters. The highest BCUT2D eigenvalue weighted by molar-refractivity contribution is 6.30. The molecule has 0 aromatic heterocycles. The standard InChI is InChI=1S/C21H30ClN3O4/c1-16(26)25(8-3-7-23-10-12-29-13-11-23)18-6-9-24(15-18)21(27)19-5-4-17(22)14-20(19)28-2/h4-5,14,18H,3,6-13,15H2,1-2H3. The summed E-state index contributed by atoms with van der Waals surface area (Å²) in [5.74, 6) is 0.452. The number of amides is 2. The summed E-state index contributed by atoms with van der Waals surface area (Å²) in [5.41, 5.74) is 0.499. The van der Waals surface area contributed by atoms with Crippen LogP contribution in [0.4, 0.5) is 0 Å². The van der Waals surface area contributed by atoms with Gasteiger partial charge in [-0.2, -0.15) is 0 Å². The third kappa shape index (κ3) is 5.62. The van der Waals surface area contributed by atoms with Crippen molar-refractivity contribution in [2.45, 2.75) is 25.8 Å². The number of ether oxygens (including phenoxy) is 2. The molecule has 0 spiro atoms. The number of halogens is 1. The zero-order chi connectivity index (χ0) is 20.8. The maximum atomic E-state index is 13.0. The van der Waals surface area contributed by atoms with Crippen molar-refractivity contribution in [3.63, 3.8) is 0 Å². The zero-order valence-electron chi connectivity index (χ0n) is 17.2. The van der Waals surface area contributed by atoms with E-state index in [1.807, 2.05) is 4.90 Å². The van der Waals surface area contributed by atoms with E-state index < -0.39 is 0 Å². The lowest BCUT2D eigenvalue weighted by molar-refractivity contribution is -0.131. The molecule has 160 valence electrons. The molecule has 8 heteroatoms. The summed E-state index contributed by atoms with van der Waals surface area (Å²) in [5, 5.41) is 0.528. The highest BCUT2D eigenvalue weighted by Gasteiger charge is 2.33. The second kappa shape index (κ2) is 10.3. The third-order valence-corrected chi connectivity index (χ3v) is 5.90. The number of hydrogen-bond acceptors (Lipinski definition) is 5. The van der Waals surface area contributed by atoms with E-state index in [2.05, 4.69) is 4.90 Å². The molecule has 2 heterocycles.